The van der Waals surface area contributed by atoms with Crippen molar-refractivity contribution in [2.75, 3.05) is 0 Å². The zero-order valence-electron chi connectivity index (χ0n) is 14.7. The second kappa shape index (κ2) is 7.09. The van der Waals surface area contributed by atoms with Crippen molar-refractivity contribution in [3.8, 4) is 5.75 Å². The van der Waals surface area contributed by atoms with Gasteiger partial charge in [0.25, 0.3) is 5.92 Å². The molecule has 2 aromatic rings. The SMILES string of the molecule is CC(F)(F)c1c(O[C@H]2CC[C@@H](C(F)(F)F)CC2)ccc2c(C=O)cccc12. The van der Waals surface area contributed by atoms with Crippen LogP contribution < -0.4 is 4.74 Å². The topological polar surface area (TPSA) is 26.3 Å². The van der Waals surface area contributed by atoms with E-state index in [-0.39, 0.29) is 47.9 Å². The summed E-state index contributed by atoms with van der Waals surface area (Å²) in [4.78, 5) is 11.2. The van der Waals surface area contributed by atoms with Crippen molar-refractivity contribution in [1.29, 1.82) is 0 Å². The van der Waals surface area contributed by atoms with Gasteiger partial charge >= 0.3 is 6.18 Å². The van der Waals surface area contributed by atoms with Crippen molar-refractivity contribution in [2.24, 2.45) is 5.92 Å². The van der Waals surface area contributed by atoms with Gasteiger partial charge in [-0.3, -0.25) is 4.79 Å². The van der Waals surface area contributed by atoms with Gasteiger partial charge in [0.05, 0.1) is 17.6 Å². The number of halogens is 5. The van der Waals surface area contributed by atoms with E-state index in [1.54, 1.807) is 0 Å². The molecule has 0 amide bonds. The average molecular weight is 386 g/mol. The standard InChI is InChI=1S/C20H19F5O2/c1-19(21,22)18-16-4-2-3-12(11-26)15(16)9-10-17(18)27-14-7-5-13(6-8-14)20(23,24)25/h2-4,9-11,13-14H,5-8H2,1H3/t13-,14+. The lowest BCUT2D eigenvalue weighted by atomic mass is 9.87. The maximum atomic E-state index is 14.3. The Hall–Kier alpha value is -2.18. The van der Waals surface area contributed by atoms with Crippen LogP contribution in [0.1, 0.15) is 48.5 Å². The Morgan fingerprint density at radius 1 is 0.963 bits per heavy atom. The van der Waals surface area contributed by atoms with Crippen molar-refractivity contribution in [3.63, 3.8) is 0 Å². The van der Waals surface area contributed by atoms with Crippen LogP contribution in [0.5, 0.6) is 5.75 Å². The summed E-state index contributed by atoms with van der Waals surface area (Å²) in [5.74, 6) is -4.65. The van der Waals surface area contributed by atoms with E-state index >= 15 is 0 Å². The van der Waals surface area contributed by atoms with Gasteiger partial charge in [0, 0.05) is 12.5 Å². The van der Waals surface area contributed by atoms with E-state index in [1.807, 2.05) is 0 Å². The first-order chi connectivity index (χ1) is 12.6. The molecule has 0 aromatic heterocycles. The Bertz CT molecular complexity index is 831. The molecule has 0 radical (unpaired) electrons. The van der Waals surface area contributed by atoms with E-state index in [4.69, 9.17) is 4.74 Å². The first kappa shape index (κ1) is 19.6. The van der Waals surface area contributed by atoms with Crippen LogP contribution in [0.3, 0.4) is 0 Å². The van der Waals surface area contributed by atoms with Crippen LogP contribution in [0.15, 0.2) is 30.3 Å². The molecule has 2 aromatic carbocycles. The lowest BCUT2D eigenvalue weighted by Gasteiger charge is -2.31. The highest BCUT2D eigenvalue weighted by Gasteiger charge is 2.42. The fraction of sp³-hybridized carbons (Fsp3) is 0.450. The van der Waals surface area contributed by atoms with Gasteiger partial charge in [-0.25, -0.2) is 8.78 Å². The minimum atomic E-state index is -4.24. The van der Waals surface area contributed by atoms with E-state index in [1.165, 1.54) is 30.3 Å². The summed E-state index contributed by atoms with van der Waals surface area (Å²) in [5, 5.41) is 0.589. The van der Waals surface area contributed by atoms with E-state index < -0.39 is 24.1 Å². The number of hydrogen-bond acceptors (Lipinski definition) is 2. The van der Waals surface area contributed by atoms with Crippen LogP contribution >= 0.6 is 0 Å². The zero-order valence-corrected chi connectivity index (χ0v) is 14.7. The predicted molar refractivity (Wildman–Crippen MR) is 91.3 cm³/mol. The van der Waals surface area contributed by atoms with Gasteiger partial charge < -0.3 is 4.74 Å². The third-order valence-corrected chi connectivity index (χ3v) is 5.05. The van der Waals surface area contributed by atoms with Crippen molar-refractivity contribution < 1.29 is 31.5 Å². The number of aldehydes is 1. The summed E-state index contributed by atoms with van der Waals surface area (Å²) in [6.45, 7) is 0.739. The lowest BCUT2D eigenvalue weighted by molar-refractivity contribution is -0.185. The Balaban J connectivity index is 1.92. The largest absolute Gasteiger partial charge is 0.490 e. The molecule has 2 nitrogen and oxygen atoms in total. The van der Waals surface area contributed by atoms with E-state index in [9.17, 15) is 26.7 Å². The lowest BCUT2D eigenvalue weighted by Crippen LogP contribution is -2.32. The average Bonchev–Trinajstić information content (AvgIpc) is 2.59. The fourth-order valence-corrected chi connectivity index (χ4v) is 3.70. The summed E-state index contributed by atoms with van der Waals surface area (Å²) < 4.78 is 72.8. The summed E-state index contributed by atoms with van der Waals surface area (Å²) in [7, 11) is 0. The second-order valence-electron chi connectivity index (χ2n) is 7.02. The van der Waals surface area contributed by atoms with Crippen molar-refractivity contribution in [3.05, 3.63) is 41.5 Å². The minimum Gasteiger partial charge on any atom is -0.490 e. The van der Waals surface area contributed by atoms with Crippen LogP contribution in [0.4, 0.5) is 22.0 Å². The molecule has 0 aliphatic heterocycles. The van der Waals surface area contributed by atoms with Gasteiger partial charge in [0.2, 0.25) is 0 Å². The molecule has 0 unspecified atom stereocenters. The summed E-state index contributed by atoms with van der Waals surface area (Å²) in [5.41, 5.74) is -0.0584. The Morgan fingerprint density at radius 3 is 2.19 bits per heavy atom. The van der Waals surface area contributed by atoms with E-state index in [0.717, 1.165) is 6.92 Å². The molecular formula is C20H19F5O2. The number of carbonyl (C=O) groups excluding carboxylic acids is 1. The van der Waals surface area contributed by atoms with Gasteiger partial charge in [-0.05, 0) is 48.6 Å². The summed E-state index contributed by atoms with van der Waals surface area (Å²) in [6, 6.07) is 7.44. The number of benzene rings is 2. The molecule has 0 N–H and O–H groups in total. The molecule has 0 atom stereocenters. The Morgan fingerprint density at radius 2 is 1.63 bits per heavy atom. The number of rotatable bonds is 4. The molecule has 0 saturated heterocycles. The van der Waals surface area contributed by atoms with E-state index in [2.05, 4.69) is 0 Å². The van der Waals surface area contributed by atoms with Crippen molar-refractivity contribution >= 4 is 17.1 Å². The monoisotopic (exact) mass is 386 g/mol. The Kier molecular flexibility index (Phi) is 5.14. The van der Waals surface area contributed by atoms with Crippen LogP contribution in [-0.4, -0.2) is 18.6 Å². The molecule has 146 valence electrons. The van der Waals surface area contributed by atoms with Crippen LogP contribution in [0.2, 0.25) is 0 Å². The first-order valence-corrected chi connectivity index (χ1v) is 8.74. The Labute approximate surface area is 153 Å². The highest BCUT2D eigenvalue weighted by molar-refractivity contribution is 6.00. The predicted octanol–water partition coefficient (Wildman–Crippen LogP) is 6.26. The quantitative estimate of drug-likeness (QED) is 0.458. The van der Waals surface area contributed by atoms with Crippen molar-refractivity contribution in [1.82, 2.24) is 0 Å². The third-order valence-electron chi connectivity index (χ3n) is 5.05. The highest BCUT2D eigenvalue weighted by atomic mass is 19.4. The smallest absolute Gasteiger partial charge is 0.391 e. The molecule has 1 fully saturated rings. The fourth-order valence-electron chi connectivity index (χ4n) is 3.70. The number of carbonyl (C=O) groups is 1. The molecule has 27 heavy (non-hydrogen) atoms. The van der Waals surface area contributed by atoms with Gasteiger partial charge in [0.15, 0.2) is 6.29 Å². The number of fused-ring (bicyclic) bond motifs is 1. The number of ether oxygens (including phenoxy) is 1. The maximum absolute atomic E-state index is 14.3. The molecule has 0 spiro atoms. The zero-order chi connectivity index (χ0) is 19.8. The van der Waals surface area contributed by atoms with Gasteiger partial charge in [-0.2, -0.15) is 13.2 Å². The highest BCUT2D eigenvalue weighted by Crippen LogP contribution is 2.43. The van der Waals surface area contributed by atoms with E-state index in [0.29, 0.717) is 11.7 Å². The minimum absolute atomic E-state index is 0.0477. The molecule has 0 heterocycles. The molecular weight excluding hydrogens is 367 g/mol. The van der Waals surface area contributed by atoms with Gasteiger partial charge in [-0.1, -0.05) is 18.2 Å². The van der Waals surface area contributed by atoms with Crippen LogP contribution in [0.25, 0.3) is 10.8 Å². The molecule has 1 aliphatic carbocycles. The summed E-state index contributed by atoms with van der Waals surface area (Å²) in [6.07, 6.45) is -4.02. The number of hydrogen-bond donors (Lipinski definition) is 0. The first-order valence-electron chi connectivity index (χ1n) is 8.74. The number of alkyl halides is 5. The summed E-state index contributed by atoms with van der Waals surface area (Å²) >= 11 is 0. The molecule has 3 rings (SSSR count). The molecule has 7 heteroatoms. The van der Waals surface area contributed by atoms with Gasteiger partial charge in [0.1, 0.15) is 5.75 Å². The normalized spacial score (nSPS) is 21.3. The van der Waals surface area contributed by atoms with Crippen molar-refractivity contribution in [2.45, 2.75) is 50.8 Å². The molecule has 1 aliphatic rings. The van der Waals surface area contributed by atoms with Crippen LogP contribution in [-0.2, 0) is 5.92 Å². The third kappa shape index (κ3) is 4.06. The maximum Gasteiger partial charge on any atom is 0.391 e. The van der Waals surface area contributed by atoms with Crippen LogP contribution in [0, 0.1) is 5.92 Å². The van der Waals surface area contributed by atoms with Gasteiger partial charge in [-0.15, -0.1) is 0 Å². The molecule has 0 bridgehead atoms. The second-order valence-corrected chi connectivity index (χ2v) is 7.02. The molecule has 1 saturated carbocycles.